The zero-order valence-electron chi connectivity index (χ0n) is 18.1. The van der Waals surface area contributed by atoms with Gasteiger partial charge in [0, 0.05) is 19.2 Å². The predicted octanol–water partition coefficient (Wildman–Crippen LogP) is 4.38. The second-order valence-electron chi connectivity index (χ2n) is 7.18. The fourth-order valence-corrected chi connectivity index (χ4v) is 3.29. The van der Waals surface area contributed by atoms with Gasteiger partial charge in [-0.2, -0.15) is 13.2 Å². The Hall–Kier alpha value is -3.80. The molecule has 13 heteroatoms. The highest BCUT2D eigenvalue weighted by Gasteiger charge is 2.35. The van der Waals surface area contributed by atoms with Crippen LogP contribution in [0.1, 0.15) is 19.0 Å². The van der Waals surface area contributed by atoms with Crippen LogP contribution in [0.4, 0.5) is 17.6 Å². The Balaban J connectivity index is 2.11. The molecule has 0 radical (unpaired) electrons. The van der Waals surface area contributed by atoms with Gasteiger partial charge in [0.1, 0.15) is 17.3 Å². The van der Waals surface area contributed by atoms with Crippen molar-refractivity contribution in [2.75, 3.05) is 0 Å². The van der Waals surface area contributed by atoms with Crippen molar-refractivity contribution in [1.29, 1.82) is 0 Å². The number of rotatable bonds is 7. The lowest BCUT2D eigenvalue weighted by Gasteiger charge is -2.18. The quantitative estimate of drug-likeness (QED) is 0.468. The fraction of sp³-hybridized carbons (Fsp3) is 0.227. The van der Waals surface area contributed by atoms with Gasteiger partial charge in [0.05, 0.1) is 10.7 Å². The third-order valence-corrected chi connectivity index (χ3v) is 5.13. The minimum atomic E-state index is -4.99. The van der Waals surface area contributed by atoms with Crippen molar-refractivity contribution in [3.05, 3.63) is 79.8 Å². The van der Waals surface area contributed by atoms with E-state index in [0.29, 0.717) is 6.07 Å². The van der Waals surface area contributed by atoms with Gasteiger partial charge in [-0.3, -0.25) is 9.36 Å². The summed E-state index contributed by atoms with van der Waals surface area (Å²) in [4.78, 5) is 36.2. The second kappa shape index (κ2) is 9.82. The molecule has 1 atom stereocenters. The Labute approximate surface area is 199 Å². The summed E-state index contributed by atoms with van der Waals surface area (Å²) < 4.78 is 65.5. The number of benzene rings is 2. The van der Waals surface area contributed by atoms with Crippen LogP contribution in [0.3, 0.4) is 0 Å². The lowest BCUT2D eigenvalue weighted by atomic mass is 10.2. The number of carboxylic acids is 1. The molecule has 8 nitrogen and oxygen atoms in total. The predicted molar refractivity (Wildman–Crippen MR) is 116 cm³/mol. The summed E-state index contributed by atoms with van der Waals surface area (Å²) >= 11 is 6.05. The van der Waals surface area contributed by atoms with Crippen molar-refractivity contribution in [1.82, 2.24) is 9.13 Å². The minimum Gasteiger partial charge on any atom is -0.479 e. The van der Waals surface area contributed by atoms with Crippen molar-refractivity contribution in [2.24, 2.45) is 7.05 Å². The van der Waals surface area contributed by atoms with Crippen LogP contribution in [-0.4, -0.2) is 26.3 Å². The molecule has 0 saturated heterocycles. The van der Waals surface area contributed by atoms with Gasteiger partial charge < -0.3 is 14.6 Å². The third-order valence-electron chi connectivity index (χ3n) is 4.84. The number of alkyl halides is 3. The molecule has 0 aliphatic rings. The minimum absolute atomic E-state index is 0.00584. The molecule has 1 N–H and O–H groups in total. The molecule has 186 valence electrons. The van der Waals surface area contributed by atoms with E-state index in [2.05, 4.69) is 0 Å². The first-order valence-electron chi connectivity index (χ1n) is 9.91. The molecule has 0 bridgehead atoms. The average molecular weight is 517 g/mol. The van der Waals surface area contributed by atoms with Crippen LogP contribution in [0, 0.1) is 5.82 Å². The molecule has 3 rings (SSSR count). The number of carboxylic acid groups (broad SMARTS) is 1. The van der Waals surface area contributed by atoms with E-state index >= 15 is 0 Å². The van der Waals surface area contributed by atoms with Gasteiger partial charge in [-0.1, -0.05) is 30.7 Å². The van der Waals surface area contributed by atoms with Gasteiger partial charge in [0.25, 0.3) is 5.56 Å². The maximum absolute atomic E-state index is 14.7. The van der Waals surface area contributed by atoms with Crippen LogP contribution in [0.15, 0.2) is 52.1 Å². The molecule has 2 aromatic carbocycles. The van der Waals surface area contributed by atoms with Crippen LogP contribution in [0.5, 0.6) is 17.2 Å². The summed E-state index contributed by atoms with van der Waals surface area (Å²) in [6, 6.07) is 7.61. The topological polar surface area (TPSA) is 99.8 Å². The number of aromatic nitrogens is 2. The first kappa shape index (κ1) is 25.8. The van der Waals surface area contributed by atoms with Gasteiger partial charge >= 0.3 is 17.8 Å². The Bertz CT molecular complexity index is 1400. The molecular weight excluding hydrogens is 500 g/mol. The fourth-order valence-electron chi connectivity index (χ4n) is 3.10. The normalized spacial score (nSPS) is 12.3. The van der Waals surface area contributed by atoms with Crippen molar-refractivity contribution in [3.8, 4) is 22.9 Å². The number of para-hydroxylation sites is 2. The summed E-state index contributed by atoms with van der Waals surface area (Å²) in [7, 11) is 0.784. The molecule has 0 aliphatic carbocycles. The number of hydrogen-bond donors (Lipinski definition) is 1. The van der Waals surface area contributed by atoms with E-state index in [-0.39, 0.29) is 43.9 Å². The average Bonchev–Trinajstić information content (AvgIpc) is 2.77. The van der Waals surface area contributed by atoms with Gasteiger partial charge in [0.2, 0.25) is 0 Å². The first-order valence-corrected chi connectivity index (χ1v) is 10.3. The van der Waals surface area contributed by atoms with Crippen molar-refractivity contribution in [3.63, 3.8) is 0 Å². The monoisotopic (exact) mass is 516 g/mol. The molecule has 0 saturated carbocycles. The first-order chi connectivity index (χ1) is 16.3. The van der Waals surface area contributed by atoms with E-state index in [4.69, 9.17) is 21.1 Å². The molecule has 1 aromatic heterocycles. The second-order valence-corrected chi connectivity index (χ2v) is 7.59. The lowest BCUT2D eigenvalue weighted by molar-refractivity contribution is -0.145. The molecule has 0 spiro atoms. The maximum Gasteiger partial charge on any atom is 0.431 e. The smallest absolute Gasteiger partial charge is 0.431 e. The van der Waals surface area contributed by atoms with Crippen LogP contribution < -0.4 is 20.7 Å². The SMILES string of the molecule is CCC(Oc1ccccc1Oc1cc(-n2c(=O)cc(C(F)(F)F)n(C)c2=O)c(F)cc1Cl)C(=O)O. The number of hydrogen-bond acceptors (Lipinski definition) is 5. The van der Waals surface area contributed by atoms with E-state index in [1.54, 1.807) is 13.0 Å². The Morgan fingerprint density at radius 1 is 1.11 bits per heavy atom. The molecular formula is C22H17ClF4N2O6. The van der Waals surface area contributed by atoms with E-state index in [1.807, 2.05) is 0 Å². The highest BCUT2D eigenvalue weighted by atomic mass is 35.5. The molecule has 0 fully saturated rings. The molecule has 3 aromatic rings. The van der Waals surface area contributed by atoms with Crippen LogP contribution in [-0.2, 0) is 18.0 Å². The van der Waals surface area contributed by atoms with Gasteiger partial charge in [-0.25, -0.2) is 18.5 Å². The Morgan fingerprint density at radius 2 is 1.74 bits per heavy atom. The molecule has 0 aliphatic heterocycles. The highest BCUT2D eigenvalue weighted by molar-refractivity contribution is 6.32. The molecule has 1 unspecified atom stereocenters. The van der Waals surface area contributed by atoms with Gasteiger partial charge in [-0.15, -0.1) is 0 Å². The van der Waals surface area contributed by atoms with E-state index in [9.17, 15) is 37.1 Å². The summed E-state index contributed by atoms with van der Waals surface area (Å²) in [5, 5.41) is 8.93. The largest absolute Gasteiger partial charge is 0.479 e. The number of halogens is 5. The van der Waals surface area contributed by atoms with Crippen LogP contribution >= 0.6 is 11.6 Å². The van der Waals surface area contributed by atoms with Gasteiger partial charge in [0.15, 0.2) is 17.6 Å². The molecule has 0 amide bonds. The summed E-state index contributed by atoms with van der Waals surface area (Å²) in [5.41, 5.74) is -5.10. The van der Waals surface area contributed by atoms with E-state index < -0.39 is 46.7 Å². The van der Waals surface area contributed by atoms with Crippen molar-refractivity contribution >= 4 is 17.6 Å². The van der Waals surface area contributed by atoms with Crippen molar-refractivity contribution in [2.45, 2.75) is 25.6 Å². The van der Waals surface area contributed by atoms with Gasteiger partial charge in [-0.05, 0) is 24.6 Å². The van der Waals surface area contributed by atoms with E-state index in [1.165, 1.54) is 18.2 Å². The Kier molecular flexibility index (Phi) is 7.25. The van der Waals surface area contributed by atoms with Crippen molar-refractivity contribution < 1.29 is 36.9 Å². The van der Waals surface area contributed by atoms with Crippen LogP contribution in [0.2, 0.25) is 5.02 Å². The highest BCUT2D eigenvalue weighted by Crippen LogP contribution is 2.37. The summed E-state index contributed by atoms with van der Waals surface area (Å²) in [6.07, 6.45) is -6.06. The number of carbonyl (C=O) groups is 1. The maximum atomic E-state index is 14.7. The standard InChI is InChI=1S/C22H17ClF4N2O6/c1-3-14(20(31)32)34-15-6-4-5-7-16(15)35-17-9-13(12(24)8-11(17)23)29-19(30)10-18(22(25,26)27)28(2)21(29)33/h4-10,14H,3H2,1-2H3,(H,31,32). The zero-order chi connectivity index (χ0) is 26.1. The third kappa shape index (κ3) is 5.32. The lowest BCUT2D eigenvalue weighted by Crippen LogP contribution is -2.41. The summed E-state index contributed by atoms with van der Waals surface area (Å²) in [5.74, 6) is -2.70. The van der Waals surface area contributed by atoms with E-state index in [0.717, 1.165) is 13.1 Å². The number of nitrogens with zero attached hydrogens (tertiary/aromatic N) is 2. The number of ether oxygens (including phenoxy) is 2. The molecule has 1 heterocycles. The Morgan fingerprint density at radius 3 is 2.31 bits per heavy atom. The zero-order valence-corrected chi connectivity index (χ0v) is 18.9. The number of aliphatic carboxylic acids is 1. The summed E-state index contributed by atoms with van der Waals surface area (Å²) in [6.45, 7) is 1.59. The van der Waals surface area contributed by atoms with Crippen LogP contribution in [0.25, 0.3) is 5.69 Å². The molecule has 35 heavy (non-hydrogen) atoms.